The van der Waals surface area contributed by atoms with Gasteiger partial charge in [-0.25, -0.2) is 0 Å². The maximum atomic E-state index is 12.1. The Kier molecular flexibility index (Phi) is 13.0. The molecule has 1 amide bonds. The molecule has 1 aliphatic heterocycles. The third-order valence-electron chi connectivity index (χ3n) is 3.78. The van der Waals surface area contributed by atoms with Gasteiger partial charge in [0.15, 0.2) is 0 Å². The molecular formula is C17H29Cl2N3O2. The zero-order valence-electron chi connectivity index (χ0n) is 14.3. The van der Waals surface area contributed by atoms with E-state index in [1.165, 1.54) is 0 Å². The Morgan fingerprint density at radius 3 is 2.54 bits per heavy atom. The van der Waals surface area contributed by atoms with E-state index in [9.17, 15) is 4.79 Å². The quantitative estimate of drug-likeness (QED) is 0.680. The lowest BCUT2D eigenvalue weighted by atomic mass is 10.1. The van der Waals surface area contributed by atoms with Gasteiger partial charge >= 0.3 is 0 Å². The standard InChI is InChI=1S/C17H27N3O2.2ClH/c1-2-11-22-14-16-6-4-3-5-15(16)12-19-17(21)13-20-9-7-18-8-10-20;;/h3-6,18H,2,7-14H2,1H3,(H,19,21);2*1H. The number of carbonyl (C=O) groups is 1. The van der Waals surface area contributed by atoms with Crippen molar-refractivity contribution in [2.75, 3.05) is 39.3 Å². The zero-order chi connectivity index (χ0) is 15.6. The number of rotatable bonds is 8. The lowest BCUT2D eigenvalue weighted by Crippen LogP contribution is -2.47. The van der Waals surface area contributed by atoms with E-state index in [1.54, 1.807) is 0 Å². The predicted octanol–water partition coefficient (Wildman–Crippen LogP) is 1.98. The van der Waals surface area contributed by atoms with Gasteiger partial charge in [-0.15, -0.1) is 24.8 Å². The Labute approximate surface area is 157 Å². The van der Waals surface area contributed by atoms with Crippen molar-refractivity contribution in [1.29, 1.82) is 0 Å². The van der Waals surface area contributed by atoms with Crippen molar-refractivity contribution in [2.24, 2.45) is 0 Å². The van der Waals surface area contributed by atoms with Crippen LogP contribution in [0.2, 0.25) is 0 Å². The Hall–Kier alpha value is -0.850. The summed E-state index contributed by atoms with van der Waals surface area (Å²) in [5, 5.41) is 6.31. The van der Waals surface area contributed by atoms with Gasteiger partial charge in [0.05, 0.1) is 13.2 Å². The van der Waals surface area contributed by atoms with Gasteiger partial charge < -0.3 is 15.4 Å². The summed E-state index contributed by atoms with van der Waals surface area (Å²) in [6, 6.07) is 8.13. The van der Waals surface area contributed by atoms with E-state index in [0.717, 1.165) is 50.3 Å². The molecule has 24 heavy (non-hydrogen) atoms. The third kappa shape index (κ3) is 8.31. The van der Waals surface area contributed by atoms with Crippen LogP contribution in [-0.2, 0) is 22.7 Å². The van der Waals surface area contributed by atoms with Gasteiger partial charge in [-0.2, -0.15) is 0 Å². The predicted molar refractivity (Wildman–Crippen MR) is 102 cm³/mol. The topological polar surface area (TPSA) is 53.6 Å². The minimum Gasteiger partial charge on any atom is -0.377 e. The van der Waals surface area contributed by atoms with E-state index in [-0.39, 0.29) is 30.7 Å². The molecule has 1 heterocycles. The number of nitrogens with zero attached hydrogens (tertiary/aromatic N) is 1. The second-order valence-electron chi connectivity index (χ2n) is 5.62. The van der Waals surface area contributed by atoms with E-state index >= 15 is 0 Å². The van der Waals surface area contributed by atoms with Gasteiger partial charge in [-0.3, -0.25) is 9.69 Å². The van der Waals surface area contributed by atoms with E-state index in [4.69, 9.17) is 4.74 Å². The van der Waals surface area contributed by atoms with E-state index in [1.807, 2.05) is 12.1 Å². The van der Waals surface area contributed by atoms with Crippen molar-refractivity contribution >= 4 is 30.7 Å². The molecule has 1 aromatic carbocycles. The fraction of sp³-hybridized carbons (Fsp3) is 0.588. The third-order valence-corrected chi connectivity index (χ3v) is 3.78. The Morgan fingerprint density at radius 1 is 1.21 bits per heavy atom. The molecule has 0 aromatic heterocycles. The molecule has 0 radical (unpaired) electrons. The molecule has 138 valence electrons. The monoisotopic (exact) mass is 377 g/mol. The van der Waals surface area contributed by atoms with Crippen LogP contribution in [0.4, 0.5) is 0 Å². The summed E-state index contributed by atoms with van der Waals surface area (Å²) in [6.07, 6.45) is 1.02. The minimum atomic E-state index is 0. The van der Waals surface area contributed by atoms with Gasteiger partial charge in [0.25, 0.3) is 0 Å². The molecule has 1 fully saturated rings. The molecule has 0 bridgehead atoms. The maximum Gasteiger partial charge on any atom is 0.234 e. The Bertz CT molecular complexity index is 469. The van der Waals surface area contributed by atoms with Crippen molar-refractivity contribution in [3.63, 3.8) is 0 Å². The molecule has 1 aromatic rings. The SMILES string of the molecule is CCCOCc1ccccc1CNC(=O)CN1CCNCC1.Cl.Cl. The number of nitrogens with one attached hydrogen (secondary N) is 2. The summed E-state index contributed by atoms with van der Waals surface area (Å²) < 4.78 is 5.61. The first-order valence-corrected chi connectivity index (χ1v) is 8.14. The van der Waals surface area contributed by atoms with Gasteiger partial charge in [0.2, 0.25) is 5.91 Å². The van der Waals surface area contributed by atoms with Crippen LogP contribution in [0.1, 0.15) is 24.5 Å². The lowest BCUT2D eigenvalue weighted by Gasteiger charge is -2.26. The molecule has 5 nitrogen and oxygen atoms in total. The Balaban J connectivity index is 0.00000264. The average Bonchev–Trinajstić information content (AvgIpc) is 2.55. The summed E-state index contributed by atoms with van der Waals surface area (Å²) >= 11 is 0. The summed E-state index contributed by atoms with van der Waals surface area (Å²) in [5.74, 6) is 0.0891. The second kappa shape index (κ2) is 13.4. The number of carbonyl (C=O) groups excluding carboxylic acids is 1. The number of halogens is 2. The van der Waals surface area contributed by atoms with E-state index in [2.05, 4.69) is 34.6 Å². The zero-order valence-corrected chi connectivity index (χ0v) is 15.9. The largest absolute Gasteiger partial charge is 0.377 e. The summed E-state index contributed by atoms with van der Waals surface area (Å²) in [5.41, 5.74) is 2.28. The van der Waals surface area contributed by atoms with Crippen LogP contribution in [0.5, 0.6) is 0 Å². The summed E-state index contributed by atoms with van der Waals surface area (Å²) in [7, 11) is 0. The van der Waals surface area contributed by atoms with Crippen LogP contribution in [0.3, 0.4) is 0 Å². The first-order valence-electron chi connectivity index (χ1n) is 8.14. The summed E-state index contributed by atoms with van der Waals surface area (Å²) in [4.78, 5) is 14.2. The van der Waals surface area contributed by atoms with Gasteiger partial charge in [0, 0.05) is 39.3 Å². The molecule has 2 rings (SSSR count). The molecule has 1 saturated heterocycles. The highest BCUT2D eigenvalue weighted by Gasteiger charge is 2.13. The first kappa shape index (κ1) is 23.1. The van der Waals surface area contributed by atoms with Gasteiger partial charge in [-0.05, 0) is 17.5 Å². The highest BCUT2D eigenvalue weighted by molar-refractivity contribution is 5.85. The molecule has 7 heteroatoms. The number of ether oxygens (including phenoxy) is 1. The number of hydrogen-bond acceptors (Lipinski definition) is 4. The van der Waals surface area contributed by atoms with Crippen molar-refractivity contribution in [3.05, 3.63) is 35.4 Å². The first-order chi connectivity index (χ1) is 10.8. The fourth-order valence-electron chi connectivity index (χ4n) is 2.52. The molecule has 0 aliphatic carbocycles. The van der Waals surface area contributed by atoms with Crippen molar-refractivity contribution in [1.82, 2.24) is 15.5 Å². The van der Waals surface area contributed by atoms with Crippen LogP contribution in [0, 0.1) is 0 Å². The van der Waals surface area contributed by atoms with Crippen LogP contribution >= 0.6 is 24.8 Å². The molecule has 0 spiro atoms. The second-order valence-corrected chi connectivity index (χ2v) is 5.62. The van der Waals surface area contributed by atoms with Crippen LogP contribution < -0.4 is 10.6 Å². The van der Waals surface area contributed by atoms with Gasteiger partial charge in [-0.1, -0.05) is 31.2 Å². The average molecular weight is 378 g/mol. The van der Waals surface area contributed by atoms with Crippen molar-refractivity contribution < 1.29 is 9.53 Å². The van der Waals surface area contributed by atoms with E-state index < -0.39 is 0 Å². The fourth-order valence-corrected chi connectivity index (χ4v) is 2.52. The highest BCUT2D eigenvalue weighted by atomic mass is 35.5. The smallest absolute Gasteiger partial charge is 0.234 e. The normalized spacial score (nSPS) is 14.4. The van der Waals surface area contributed by atoms with Crippen LogP contribution in [0.15, 0.2) is 24.3 Å². The molecule has 0 unspecified atom stereocenters. The maximum absolute atomic E-state index is 12.1. The van der Waals surface area contributed by atoms with Crippen LogP contribution in [-0.4, -0.2) is 50.1 Å². The lowest BCUT2D eigenvalue weighted by molar-refractivity contribution is -0.122. The molecule has 1 aliphatic rings. The van der Waals surface area contributed by atoms with Crippen molar-refractivity contribution in [3.8, 4) is 0 Å². The number of piperazine rings is 1. The van der Waals surface area contributed by atoms with Crippen LogP contribution in [0.25, 0.3) is 0 Å². The number of benzene rings is 1. The molecular weight excluding hydrogens is 349 g/mol. The molecule has 0 atom stereocenters. The Morgan fingerprint density at radius 2 is 1.88 bits per heavy atom. The number of amides is 1. The molecule has 0 saturated carbocycles. The minimum absolute atomic E-state index is 0. The van der Waals surface area contributed by atoms with Gasteiger partial charge in [0.1, 0.15) is 0 Å². The highest BCUT2D eigenvalue weighted by Crippen LogP contribution is 2.10. The van der Waals surface area contributed by atoms with Crippen molar-refractivity contribution in [2.45, 2.75) is 26.5 Å². The van der Waals surface area contributed by atoms with E-state index in [0.29, 0.717) is 19.7 Å². The summed E-state index contributed by atoms with van der Waals surface area (Å²) in [6.45, 7) is 8.33. The number of hydrogen-bond donors (Lipinski definition) is 2. The molecule has 2 N–H and O–H groups in total.